The third kappa shape index (κ3) is 3.48. The number of amidine groups is 1. The van der Waals surface area contributed by atoms with Crippen molar-refractivity contribution in [3.05, 3.63) is 100 Å². The van der Waals surface area contributed by atoms with Gasteiger partial charge in [-0.25, -0.2) is 15.0 Å². The van der Waals surface area contributed by atoms with E-state index in [0.717, 1.165) is 43.4 Å². The van der Waals surface area contributed by atoms with Crippen LogP contribution in [0, 0.1) is 0 Å². The number of nitrogens with zero attached hydrogens (tertiary/aromatic N) is 3. The first kappa shape index (κ1) is 21.5. The molecule has 2 aliphatic rings. The van der Waals surface area contributed by atoms with Gasteiger partial charge >= 0.3 is 0 Å². The molecule has 0 saturated heterocycles. The minimum absolute atomic E-state index is 0.308. The number of rotatable bonds is 3. The number of nitrogens with one attached hydrogen (secondary N) is 1. The van der Waals surface area contributed by atoms with Gasteiger partial charge in [-0.3, -0.25) is 0 Å². The molecule has 0 fully saturated rings. The number of thioether (sulfide) groups is 1. The summed E-state index contributed by atoms with van der Waals surface area (Å²) in [6, 6.07) is 29.3. The first-order valence-electron chi connectivity index (χ1n) is 11.9. The van der Waals surface area contributed by atoms with Gasteiger partial charge in [-0.1, -0.05) is 84.1 Å². The van der Waals surface area contributed by atoms with E-state index in [9.17, 15) is 0 Å². The molecule has 0 amide bonds. The molecule has 0 radical (unpaired) electrons. The van der Waals surface area contributed by atoms with Crippen molar-refractivity contribution in [2.75, 3.05) is 5.32 Å². The molecule has 1 aliphatic carbocycles. The lowest BCUT2D eigenvalue weighted by molar-refractivity contribution is 0.694. The highest BCUT2D eigenvalue weighted by atomic mass is 32.2. The number of aliphatic imine (C=N–C) groups is 2. The van der Waals surface area contributed by atoms with E-state index in [0.29, 0.717) is 0 Å². The smallest absolute Gasteiger partial charge is 0.193 e. The Morgan fingerprint density at radius 1 is 0.806 bits per heavy atom. The lowest BCUT2D eigenvalue weighted by Gasteiger charge is -2.27. The fourth-order valence-electron chi connectivity index (χ4n) is 4.93. The minimum atomic E-state index is -0.308. The van der Waals surface area contributed by atoms with Gasteiger partial charge in [0, 0.05) is 21.4 Å². The van der Waals surface area contributed by atoms with Crippen LogP contribution >= 0.6 is 23.1 Å². The number of allylic oxidation sites excluding steroid dienone is 1. The fourth-order valence-corrected chi connectivity index (χ4v) is 7.14. The number of aromatic nitrogens is 1. The van der Waals surface area contributed by atoms with E-state index >= 15 is 0 Å². The van der Waals surface area contributed by atoms with Crippen molar-refractivity contribution in [3.8, 4) is 0 Å². The Hall–Kier alpha value is -3.74. The summed E-state index contributed by atoms with van der Waals surface area (Å²) in [4.78, 5) is 17.3. The number of hydrogen-bond acceptors (Lipinski definition) is 5. The molecule has 4 aromatic carbocycles. The summed E-state index contributed by atoms with van der Waals surface area (Å²) in [5, 5.41) is 9.98. The Bertz CT molecular complexity index is 1760. The molecule has 36 heavy (non-hydrogen) atoms. The molecule has 5 aromatic rings. The Labute approximate surface area is 217 Å². The van der Waals surface area contributed by atoms with Crippen LogP contribution in [0.15, 0.2) is 99.8 Å². The molecule has 4 nitrogen and oxygen atoms in total. The van der Waals surface area contributed by atoms with Crippen molar-refractivity contribution in [2.45, 2.75) is 19.3 Å². The number of hydrogen-bond donors (Lipinski definition) is 1. The molecule has 1 aromatic heterocycles. The molecule has 0 bridgehead atoms. The summed E-state index contributed by atoms with van der Waals surface area (Å²) >= 11 is 3.34. The van der Waals surface area contributed by atoms with Gasteiger partial charge in [-0.05, 0) is 54.6 Å². The maximum absolute atomic E-state index is 5.05. The molecule has 0 spiro atoms. The monoisotopic (exact) mass is 502 g/mol. The van der Waals surface area contributed by atoms with Crippen LogP contribution in [0.1, 0.15) is 24.4 Å². The number of thiazole rings is 1. The van der Waals surface area contributed by atoms with E-state index in [1.807, 2.05) is 0 Å². The van der Waals surface area contributed by atoms with Crippen LogP contribution in [0.4, 0.5) is 16.5 Å². The second-order valence-corrected chi connectivity index (χ2v) is 11.5. The molecule has 2 heterocycles. The molecule has 174 valence electrons. The lowest BCUT2D eigenvalue weighted by Crippen LogP contribution is -2.32. The normalized spacial score (nSPS) is 17.1. The van der Waals surface area contributed by atoms with Gasteiger partial charge in [0.15, 0.2) is 10.3 Å². The van der Waals surface area contributed by atoms with Crippen molar-refractivity contribution in [1.82, 2.24) is 4.98 Å². The third-order valence-corrected chi connectivity index (χ3v) is 8.57. The van der Waals surface area contributed by atoms with Crippen molar-refractivity contribution in [3.63, 3.8) is 0 Å². The average Bonchev–Trinajstić information content (AvgIpc) is 3.49. The first-order valence-corrected chi connectivity index (χ1v) is 13.5. The van der Waals surface area contributed by atoms with Gasteiger partial charge < -0.3 is 5.32 Å². The SMILES string of the molecule is CC1(C)C2=NC(=Nc3cccc4ccccc34)SC2=Cc2sc(Nc3cccc4ccccc34)nc21. The Balaban J connectivity index is 1.24. The van der Waals surface area contributed by atoms with E-state index in [1.165, 1.54) is 21.0 Å². The number of benzene rings is 4. The van der Waals surface area contributed by atoms with Crippen LogP contribution in [0.2, 0.25) is 0 Å². The van der Waals surface area contributed by atoms with Crippen molar-refractivity contribution >= 4 is 78.1 Å². The largest absolute Gasteiger partial charge is 0.331 e. The molecule has 0 unspecified atom stereocenters. The summed E-state index contributed by atoms with van der Waals surface area (Å²) in [6.45, 7) is 4.42. The fraction of sp³-hybridized carbons (Fsp3) is 0.100. The highest BCUT2D eigenvalue weighted by Gasteiger charge is 2.41. The van der Waals surface area contributed by atoms with Crippen LogP contribution in [0.5, 0.6) is 0 Å². The van der Waals surface area contributed by atoms with Gasteiger partial charge in [0.1, 0.15) is 0 Å². The van der Waals surface area contributed by atoms with E-state index in [1.54, 1.807) is 23.1 Å². The zero-order valence-electron chi connectivity index (χ0n) is 19.8. The second-order valence-electron chi connectivity index (χ2n) is 9.47. The zero-order valence-corrected chi connectivity index (χ0v) is 21.5. The summed E-state index contributed by atoms with van der Waals surface area (Å²) < 4.78 is 0. The van der Waals surface area contributed by atoms with Gasteiger partial charge in [0.2, 0.25) is 0 Å². The van der Waals surface area contributed by atoms with Gasteiger partial charge in [0.25, 0.3) is 0 Å². The highest BCUT2D eigenvalue weighted by Crippen LogP contribution is 2.47. The zero-order chi connectivity index (χ0) is 24.3. The average molecular weight is 503 g/mol. The van der Waals surface area contributed by atoms with Crippen LogP contribution in [-0.2, 0) is 5.41 Å². The molecule has 1 N–H and O–H groups in total. The summed E-state index contributed by atoms with van der Waals surface area (Å²) in [5.41, 5.74) is 3.82. The van der Waals surface area contributed by atoms with E-state index in [4.69, 9.17) is 15.0 Å². The minimum Gasteiger partial charge on any atom is -0.331 e. The second kappa shape index (κ2) is 8.15. The van der Waals surface area contributed by atoms with Crippen LogP contribution < -0.4 is 5.32 Å². The Morgan fingerprint density at radius 2 is 1.50 bits per heavy atom. The Kier molecular flexibility index (Phi) is 4.88. The molecular formula is C30H22N4S2. The molecule has 1 aliphatic heterocycles. The molecule has 6 heteroatoms. The first-order chi connectivity index (χ1) is 17.6. The maximum atomic E-state index is 5.05. The molecule has 7 rings (SSSR count). The predicted octanol–water partition coefficient (Wildman–Crippen LogP) is 8.70. The maximum Gasteiger partial charge on any atom is 0.193 e. The van der Waals surface area contributed by atoms with Gasteiger partial charge in [0.05, 0.1) is 27.4 Å². The van der Waals surface area contributed by atoms with Crippen molar-refractivity contribution in [2.24, 2.45) is 9.98 Å². The van der Waals surface area contributed by atoms with Crippen LogP contribution in [0.3, 0.4) is 0 Å². The molecule has 0 atom stereocenters. The molecule has 0 saturated carbocycles. The van der Waals surface area contributed by atoms with Crippen molar-refractivity contribution in [1.29, 1.82) is 0 Å². The van der Waals surface area contributed by atoms with E-state index < -0.39 is 0 Å². The van der Waals surface area contributed by atoms with Gasteiger partial charge in [-0.15, -0.1) is 0 Å². The Morgan fingerprint density at radius 3 is 2.33 bits per heavy atom. The van der Waals surface area contributed by atoms with Gasteiger partial charge in [-0.2, -0.15) is 0 Å². The predicted molar refractivity (Wildman–Crippen MR) is 156 cm³/mol. The van der Waals surface area contributed by atoms with E-state index in [2.05, 4.69) is 110 Å². The summed E-state index contributed by atoms with van der Waals surface area (Å²) in [6.07, 6.45) is 2.22. The third-order valence-electron chi connectivity index (χ3n) is 6.76. The highest BCUT2D eigenvalue weighted by molar-refractivity contribution is 8.18. The number of anilines is 2. The lowest BCUT2D eigenvalue weighted by atomic mass is 9.80. The van der Waals surface area contributed by atoms with Crippen molar-refractivity contribution < 1.29 is 0 Å². The van der Waals surface area contributed by atoms with Crippen LogP contribution in [-0.4, -0.2) is 15.9 Å². The van der Waals surface area contributed by atoms with Crippen LogP contribution in [0.25, 0.3) is 27.6 Å². The standard InChI is InChI=1S/C30H22N4S2/c1-30(2)26-24(35-28(33-26)31-22-15-7-11-18-9-3-5-13-20(18)22)17-25-27(30)34-29(36-25)32-23-16-8-12-19-10-4-6-14-21(19)23/h3-17H,1-2H3,(H,31,33). The van der Waals surface area contributed by atoms with E-state index in [-0.39, 0.29) is 5.41 Å². The number of fused-ring (bicyclic) bond motifs is 4. The topological polar surface area (TPSA) is 49.6 Å². The molecular weight excluding hydrogens is 480 g/mol. The quantitative estimate of drug-likeness (QED) is 0.268. The summed E-state index contributed by atoms with van der Waals surface area (Å²) in [5.74, 6) is 0. The summed E-state index contributed by atoms with van der Waals surface area (Å²) in [7, 11) is 0.